The van der Waals surface area contributed by atoms with Gasteiger partial charge in [0.15, 0.2) is 0 Å². The van der Waals surface area contributed by atoms with Crippen molar-refractivity contribution in [3.05, 3.63) is 12.0 Å². The van der Waals surface area contributed by atoms with Crippen molar-refractivity contribution in [2.75, 3.05) is 25.0 Å². The molecular formula is C11H18F3N3O. The minimum Gasteiger partial charge on any atom is -0.432 e. The van der Waals surface area contributed by atoms with Crippen molar-refractivity contribution in [1.82, 2.24) is 10.3 Å². The predicted octanol–water partition coefficient (Wildman–Crippen LogP) is 2.56. The topological polar surface area (TPSA) is 41.3 Å². The predicted molar refractivity (Wildman–Crippen MR) is 62.4 cm³/mol. The lowest BCUT2D eigenvalue weighted by Crippen LogP contribution is -2.24. The molecule has 0 unspecified atom stereocenters. The first-order valence-corrected chi connectivity index (χ1v) is 5.85. The van der Waals surface area contributed by atoms with Crippen molar-refractivity contribution in [1.29, 1.82) is 0 Å². The Morgan fingerprint density at radius 2 is 2.17 bits per heavy atom. The second-order valence-corrected chi connectivity index (χ2v) is 4.08. The number of alkyl halides is 3. The molecule has 104 valence electrons. The molecule has 0 atom stereocenters. The fourth-order valence-electron chi connectivity index (χ4n) is 1.34. The molecule has 0 aliphatic carbocycles. The van der Waals surface area contributed by atoms with Crippen LogP contribution in [0.1, 0.15) is 25.5 Å². The van der Waals surface area contributed by atoms with E-state index in [2.05, 4.69) is 10.3 Å². The van der Waals surface area contributed by atoms with Gasteiger partial charge in [0.2, 0.25) is 0 Å². The third-order valence-electron chi connectivity index (χ3n) is 2.33. The highest BCUT2D eigenvalue weighted by atomic mass is 19.4. The van der Waals surface area contributed by atoms with Crippen LogP contribution in [0.2, 0.25) is 0 Å². The molecule has 1 heterocycles. The summed E-state index contributed by atoms with van der Waals surface area (Å²) in [6.07, 6.45) is -2.57. The minimum atomic E-state index is -4.16. The van der Waals surface area contributed by atoms with E-state index in [1.807, 2.05) is 6.92 Å². The quantitative estimate of drug-likeness (QED) is 0.769. The first kappa shape index (κ1) is 14.8. The molecule has 0 aliphatic rings. The molecule has 0 aromatic carbocycles. The number of oxazole rings is 1. The Balaban J connectivity index is 2.41. The van der Waals surface area contributed by atoms with Crippen molar-refractivity contribution < 1.29 is 17.6 Å². The Bertz CT molecular complexity index is 352. The van der Waals surface area contributed by atoms with Crippen molar-refractivity contribution in [2.45, 2.75) is 32.5 Å². The largest absolute Gasteiger partial charge is 0.432 e. The highest BCUT2D eigenvalue weighted by Crippen LogP contribution is 2.21. The molecule has 1 rings (SSSR count). The lowest BCUT2D eigenvalue weighted by molar-refractivity contribution is -0.132. The van der Waals surface area contributed by atoms with Crippen molar-refractivity contribution in [2.24, 2.45) is 0 Å². The van der Waals surface area contributed by atoms with Crippen molar-refractivity contribution >= 4 is 6.01 Å². The van der Waals surface area contributed by atoms with Crippen LogP contribution in [0, 0.1) is 0 Å². The molecular weight excluding hydrogens is 247 g/mol. The Morgan fingerprint density at radius 1 is 1.44 bits per heavy atom. The monoisotopic (exact) mass is 265 g/mol. The molecule has 1 aromatic rings. The zero-order valence-electron chi connectivity index (χ0n) is 10.5. The van der Waals surface area contributed by atoms with E-state index >= 15 is 0 Å². The maximum absolute atomic E-state index is 12.1. The number of aromatic nitrogens is 1. The van der Waals surface area contributed by atoms with Gasteiger partial charge in [-0.1, -0.05) is 6.92 Å². The number of nitrogens with one attached hydrogen (secondary N) is 1. The summed E-state index contributed by atoms with van der Waals surface area (Å²) in [5.41, 5.74) is 0.692. The summed E-state index contributed by atoms with van der Waals surface area (Å²) in [6, 6.07) is 0.215. The van der Waals surface area contributed by atoms with E-state index in [0.29, 0.717) is 12.2 Å². The first-order chi connectivity index (χ1) is 8.42. The zero-order valence-corrected chi connectivity index (χ0v) is 10.5. The maximum atomic E-state index is 12.1. The molecule has 0 fully saturated rings. The van der Waals surface area contributed by atoms with Gasteiger partial charge < -0.3 is 14.6 Å². The van der Waals surface area contributed by atoms with Crippen LogP contribution < -0.4 is 10.2 Å². The van der Waals surface area contributed by atoms with E-state index in [4.69, 9.17) is 4.42 Å². The molecule has 1 N–H and O–H groups in total. The summed E-state index contributed by atoms with van der Waals surface area (Å²) in [5, 5.41) is 3.14. The molecule has 0 spiro atoms. The number of hydrogen-bond acceptors (Lipinski definition) is 4. The Kier molecular flexibility index (Phi) is 5.46. The lowest BCUT2D eigenvalue weighted by atomic mass is 10.4. The fraction of sp³-hybridized carbons (Fsp3) is 0.727. The van der Waals surface area contributed by atoms with Crippen molar-refractivity contribution in [3.8, 4) is 0 Å². The van der Waals surface area contributed by atoms with Crippen molar-refractivity contribution in [3.63, 3.8) is 0 Å². The van der Waals surface area contributed by atoms with Gasteiger partial charge in [-0.3, -0.25) is 0 Å². The average Bonchev–Trinajstić information content (AvgIpc) is 2.74. The number of rotatable bonds is 7. The summed E-state index contributed by atoms with van der Waals surface area (Å²) in [5.74, 6) is 0. The molecule has 0 saturated heterocycles. The molecule has 0 aliphatic heterocycles. The van der Waals surface area contributed by atoms with Crippen LogP contribution in [0.25, 0.3) is 0 Å². The number of hydrogen-bond donors (Lipinski definition) is 1. The first-order valence-electron chi connectivity index (χ1n) is 5.85. The molecule has 1 aromatic heterocycles. The Labute approximate surface area is 104 Å². The van der Waals surface area contributed by atoms with E-state index in [1.54, 1.807) is 0 Å². The number of halogens is 3. The molecule has 4 nitrogen and oxygen atoms in total. The Hall–Kier alpha value is -1.24. The van der Waals surface area contributed by atoms with E-state index in [0.717, 1.165) is 13.0 Å². The van der Waals surface area contributed by atoms with Gasteiger partial charge in [-0.05, 0) is 13.0 Å². The van der Waals surface area contributed by atoms with Gasteiger partial charge in [-0.25, -0.2) is 0 Å². The molecule has 0 saturated carbocycles. The van der Waals surface area contributed by atoms with E-state index < -0.39 is 12.6 Å². The van der Waals surface area contributed by atoms with E-state index in [9.17, 15) is 13.2 Å². The van der Waals surface area contributed by atoms with Crippen LogP contribution in [0.4, 0.5) is 19.2 Å². The van der Waals surface area contributed by atoms with Crippen LogP contribution >= 0.6 is 0 Å². The lowest BCUT2D eigenvalue weighted by Gasteiger charge is -2.15. The van der Waals surface area contributed by atoms with Crippen LogP contribution in [-0.2, 0) is 6.54 Å². The van der Waals surface area contributed by atoms with Gasteiger partial charge in [0.05, 0.1) is 12.1 Å². The summed E-state index contributed by atoms with van der Waals surface area (Å²) in [7, 11) is 1.53. The summed E-state index contributed by atoms with van der Waals surface area (Å²) < 4.78 is 41.3. The highest BCUT2D eigenvalue weighted by Gasteiger charge is 2.27. The standard InChI is InChI=1S/C11H18F3N3O/c1-3-5-15-7-9-8-18-10(16-9)17(2)6-4-11(12,13)14/h8,15H,3-7H2,1-2H3. The maximum Gasteiger partial charge on any atom is 0.390 e. The highest BCUT2D eigenvalue weighted by molar-refractivity contribution is 5.25. The van der Waals surface area contributed by atoms with Gasteiger partial charge in [-0.15, -0.1) is 0 Å². The van der Waals surface area contributed by atoms with E-state index in [-0.39, 0.29) is 12.6 Å². The fourth-order valence-corrected chi connectivity index (χ4v) is 1.34. The molecule has 7 heteroatoms. The molecule has 0 bridgehead atoms. The van der Waals surface area contributed by atoms with Crippen LogP contribution in [0.5, 0.6) is 0 Å². The van der Waals surface area contributed by atoms with Crippen LogP contribution in [0.3, 0.4) is 0 Å². The smallest absolute Gasteiger partial charge is 0.390 e. The number of nitrogens with zero attached hydrogens (tertiary/aromatic N) is 2. The molecule has 0 radical (unpaired) electrons. The minimum absolute atomic E-state index is 0.161. The number of anilines is 1. The van der Waals surface area contributed by atoms with Gasteiger partial charge in [0.1, 0.15) is 6.26 Å². The molecule has 0 amide bonds. The zero-order chi connectivity index (χ0) is 13.6. The molecule has 18 heavy (non-hydrogen) atoms. The Morgan fingerprint density at radius 3 is 2.78 bits per heavy atom. The summed E-state index contributed by atoms with van der Waals surface area (Å²) >= 11 is 0. The average molecular weight is 265 g/mol. The summed E-state index contributed by atoms with van der Waals surface area (Å²) in [6.45, 7) is 3.31. The third-order valence-corrected chi connectivity index (χ3v) is 2.33. The third kappa shape index (κ3) is 5.39. The second-order valence-electron chi connectivity index (χ2n) is 4.08. The SMILES string of the molecule is CCCNCc1coc(N(C)CCC(F)(F)F)n1. The van der Waals surface area contributed by atoms with Crippen LogP contribution in [-0.4, -0.2) is 31.3 Å². The van der Waals surface area contributed by atoms with Gasteiger partial charge >= 0.3 is 6.18 Å². The normalized spacial score (nSPS) is 11.8. The van der Waals surface area contributed by atoms with E-state index in [1.165, 1.54) is 18.2 Å². The summed E-state index contributed by atoms with van der Waals surface area (Å²) in [4.78, 5) is 5.47. The van der Waals surface area contributed by atoms with Gasteiger partial charge in [0.25, 0.3) is 6.01 Å². The second kappa shape index (κ2) is 6.63. The van der Waals surface area contributed by atoms with Crippen LogP contribution in [0.15, 0.2) is 10.7 Å². The van der Waals surface area contributed by atoms with Gasteiger partial charge in [-0.2, -0.15) is 18.2 Å². The van der Waals surface area contributed by atoms with Gasteiger partial charge in [0, 0.05) is 20.1 Å².